The van der Waals surface area contributed by atoms with Gasteiger partial charge in [0.15, 0.2) is 6.10 Å². The highest BCUT2D eigenvalue weighted by atomic mass is 16.6. The molecule has 0 amide bonds. The van der Waals surface area contributed by atoms with Crippen LogP contribution in [0.2, 0.25) is 0 Å². The van der Waals surface area contributed by atoms with Crippen molar-refractivity contribution < 1.29 is 33.4 Å². The predicted octanol–water partition coefficient (Wildman–Crippen LogP) is 4.83. The van der Waals surface area contributed by atoms with Gasteiger partial charge < -0.3 is 14.2 Å². The van der Waals surface area contributed by atoms with Crippen molar-refractivity contribution in [2.24, 2.45) is 35.5 Å². The number of ether oxygens (including phenoxy) is 3. The summed E-state index contributed by atoms with van der Waals surface area (Å²) in [5.74, 6) is -3.02. The molecule has 7 heteroatoms. The molecule has 2 aliphatic rings. The van der Waals surface area contributed by atoms with Gasteiger partial charge in [0.1, 0.15) is 18.0 Å². The monoisotopic (exact) mass is 490 g/mol. The van der Waals surface area contributed by atoms with E-state index in [2.05, 4.69) is 6.58 Å². The SMILES string of the molecule is C=C1[C@@H]2CC(=O)[C@H]([C@@H](C)OC(C)=O)[C@H]2[C@H](C(C)C)[C@@H](OC(=O)C(C)CC)[C@H]1OC(=O)/C=C(\C)CC. The zero-order valence-electron chi connectivity index (χ0n) is 22.5. The molecule has 0 spiro atoms. The third-order valence-corrected chi connectivity index (χ3v) is 7.70. The molecule has 0 bridgehead atoms. The molecule has 0 heterocycles. The molecule has 8 atom stereocenters. The molecule has 2 saturated carbocycles. The molecular formula is C28H42O7. The number of Topliss-reactive ketones (excluding diaryl/α,β-unsaturated/α-hetero) is 1. The zero-order valence-corrected chi connectivity index (χ0v) is 22.5. The first-order valence-electron chi connectivity index (χ1n) is 12.8. The number of hydrogen-bond donors (Lipinski definition) is 0. The van der Waals surface area contributed by atoms with Crippen molar-refractivity contribution in [2.45, 2.75) is 93.0 Å². The van der Waals surface area contributed by atoms with Crippen LogP contribution in [0.5, 0.6) is 0 Å². The van der Waals surface area contributed by atoms with E-state index in [9.17, 15) is 19.2 Å². The summed E-state index contributed by atoms with van der Waals surface area (Å²) in [5.41, 5.74) is 1.45. The highest BCUT2D eigenvalue weighted by molar-refractivity contribution is 5.86. The maximum Gasteiger partial charge on any atom is 0.331 e. The number of allylic oxidation sites excluding steroid dienone is 1. The fourth-order valence-electron chi connectivity index (χ4n) is 5.58. The summed E-state index contributed by atoms with van der Waals surface area (Å²) in [6.45, 7) is 18.8. The van der Waals surface area contributed by atoms with Crippen molar-refractivity contribution in [1.29, 1.82) is 0 Å². The Balaban J connectivity index is 2.55. The van der Waals surface area contributed by atoms with Crippen molar-refractivity contribution in [3.8, 4) is 0 Å². The van der Waals surface area contributed by atoms with Crippen LogP contribution in [0.15, 0.2) is 23.8 Å². The van der Waals surface area contributed by atoms with Gasteiger partial charge in [0.05, 0.1) is 11.8 Å². The molecule has 0 aromatic rings. The lowest BCUT2D eigenvalue weighted by Crippen LogP contribution is -2.55. The third kappa shape index (κ3) is 6.42. The van der Waals surface area contributed by atoms with E-state index in [-0.39, 0.29) is 47.8 Å². The van der Waals surface area contributed by atoms with Crippen LogP contribution in [0, 0.1) is 35.5 Å². The van der Waals surface area contributed by atoms with Crippen molar-refractivity contribution in [2.75, 3.05) is 0 Å². The van der Waals surface area contributed by atoms with E-state index in [4.69, 9.17) is 14.2 Å². The molecule has 0 aromatic heterocycles. The molecule has 0 radical (unpaired) electrons. The molecule has 7 nitrogen and oxygen atoms in total. The lowest BCUT2D eigenvalue weighted by Gasteiger charge is -2.48. The fourth-order valence-corrected chi connectivity index (χ4v) is 5.58. The standard InChI is InChI=1S/C28H42O7/c1-10-15(5)12-22(31)34-26-17(7)20-13-21(30)24(18(8)33-19(9)29)25(20)23(14(3)4)27(26)35-28(32)16(6)11-2/h12,14,16,18,20,23-27H,7,10-11,13H2,1-6,8-9H3/b15-12+/t16?,18-,20+,23+,24+,25-,26+,27-/m1/s1. The second-order valence-electron chi connectivity index (χ2n) is 10.5. The number of ketones is 1. The summed E-state index contributed by atoms with van der Waals surface area (Å²) >= 11 is 0. The normalized spacial score (nSPS) is 30.5. The van der Waals surface area contributed by atoms with Gasteiger partial charge >= 0.3 is 17.9 Å². The van der Waals surface area contributed by atoms with Gasteiger partial charge in [0, 0.05) is 25.3 Å². The van der Waals surface area contributed by atoms with Crippen LogP contribution in [0.1, 0.15) is 74.7 Å². The number of fused-ring (bicyclic) bond motifs is 1. The fraction of sp³-hybridized carbons (Fsp3) is 0.714. The molecule has 0 N–H and O–H groups in total. The summed E-state index contributed by atoms with van der Waals surface area (Å²) in [5, 5.41) is 0. The molecule has 2 fully saturated rings. The Kier molecular flexibility index (Phi) is 9.87. The van der Waals surface area contributed by atoms with Gasteiger partial charge in [-0.3, -0.25) is 14.4 Å². The maximum absolute atomic E-state index is 13.2. The zero-order chi connectivity index (χ0) is 26.6. The summed E-state index contributed by atoms with van der Waals surface area (Å²) in [4.78, 5) is 50.6. The van der Waals surface area contributed by atoms with E-state index in [1.165, 1.54) is 13.0 Å². The maximum atomic E-state index is 13.2. The van der Waals surface area contributed by atoms with Crippen molar-refractivity contribution in [3.63, 3.8) is 0 Å². The highest BCUT2D eigenvalue weighted by Crippen LogP contribution is 2.54. The molecule has 35 heavy (non-hydrogen) atoms. The van der Waals surface area contributed by atoms with E-state index in [0.29, 0.717) is 18.4 Å². The first-order valence-corrected chi connectivity index (χ1v) is 12.8. The van der Waals surface area contributed by atoms with Gasteiger partial charge in [-0.2, -0.15) is 0 Å². The van der Waals surface area contributed by atoms with E-state index in [1.54, 1.807) is 13.8 Å². The third-order valence-electron chi connectivity index (χ3n) is 7.70. The van der Waals surface area contributed by atoms with E-state index in [1.807, 2.05) is 34.6 Å². The molecule has 0 saturated heterocycles. The van der Waals surface area contributed by atoms with Crippen LogP contribution < -0.4 is 0 Å². The van der Waals surface area contributed by atoms with Crippen LogP contribution in [0.3, 0.4) is 0 Å². The van der Waals surface area contributed by atoms with Crippen molar-refractivity contribution in [3.05, 3.63) is 23.8 Å². The quantitative estimate of drug-likeness (QED) is 0.198. The first kappa shape index (κ1) is 28.8. The highest BCUT2D eigenvalue weighted by Gasteiger charge is 2.59. The Morgan fingerprint density at radius 3 is 2.23 bits per heavy atom. The summed E-state index contributed by atoms with van der Waals surface area (Å²) in [6.07, 6.45) is 0.720. The van der Waals surface area contributed by atoms with Crippen LogP contribution in [0.4, 0.5) is 0 Å². The van der Waals surface area contributed by atoms with Crippen LogP contribution in [-0.4, -0.2) is 42.0 Å². The van der Waals surface area contributed by atoms with Crippen LogP contribution in [-0.2, 0) is 33.4 Å². The molecule has 0 aromatic carbocycles. The van der Waals surface area contributed by atoms with E-state index < -0.39 is 36.2 Å². The minimum Gasteiger partial charge on any atom is -0.462 e. The minimum absolute atomic E-state index is 0.00242. The Morgan fingerprint density at radius 2 is 1.71 bits per heavy atom. The van der Waals surface area contributed by atoms with Crippen LogP contribution in [0.25, 0.3) is 0 Å². The number of carbonyl (C=O) groups is 4. The van der Waals surface area contributed by atoms with Gasteiger partial charge in [-0.05, 0) is 50.0 Å². The Bertz CT molecular complexity index is 871. The molecule has 0 aliphatic heterocycles. The lowest BCUT2D eigenvalue weighted by atomic mass is 9.62. The number of carbonyl (C=O) groups excluding carboxylic acids is 4. The van der Waals surface area contributed by atoms with Crippen molar-refractivity contribution in [1.82, 2.24) is 0 Å². The predicted molar refractivity (Wildman–Crippen MR) is 132 cm³/mol. The number of rotatable bonds is 9. The Morgan fingerprint density at radius 1 is 1.09 bits per heavy atom. The smallest absolute Gasteiger partial charge is 0.331 e. The molecule has 2 rings (SSSR count). The van der Waals surface area contributed by atoms with Gasteiger partial charge in [-0.15, -0.1) is 0 Å². The Labute approximate surface area is 209 Å². The van der Waals surface area contributed by atoms with Gasteiger partial charge in [-0.25, -0.2) is 4.79 Å². The second kappa shape index (κ2) is 12.0. The van der Waals surface area contributed by atoms with Crippen LogP contribution >= 0.6 is 0 Å². The topological polar surface area (TPSA) is 96.0 Å². The number of esters is 3. The Hall–Kier alpha value is -2.44. The lowest BCUT2D eigenvalue weighted by molar-refractivity contribution is -0.182. The summed E-state index contributed by atoms with van der Waals surface area (Å²) < 4.78 is 17.4. The average Bonchev–Trinajstić information content (AvgIpc) is 3.11. The molecule has 1 unspecified atom stereocenters. The second-order valence-corrected chi connectivity index (χ2v) is 10.5. The molecule has 2 aliphatic carbocycles. The largest absolute Gasteiger partial charge is 0.462 e. The van der Waals surface area contributed by atoms with E-state index >= 15 is 0 Å². The van der Waals surface area contributed by atoms with E-state index in [0.717, 1.165) is 5.57 Å². The molecular weight excluding hydrogens is 448 g/mol. The van der Waals surface area contributed by atoms with Gasteiger partial charge in [0.2, 0.25) is 0 Å². The van der Waals surface area contributed by atoms with Crippen molar-refractivity contribution >= 4 is 23.7 Å². The summed E-state index contributed by atoms with van der Waals surface area (Å²) in [6, 6.07) is 0. The minimum atomic E-state index is -0.861. The van der Waals surface area contributed by atoms with Gasteiger partial charge in [-0.1, -0.05) is 46.8 Å². The number of hydrogen-bond acceptors (Lipinski definition) is 7. The summed E-state index contributed by atoms with van der Waals surface area (Å²) in [7, 11) is 0. The first-order chi connectivity index (χ1) is 16.3. The average molecular weight is 491 g/mol. The van der Waals surface area contributed by atoms with Gasteiger partial charge in [0.25, 0.3) is 0 Å². The molecule has 196 valence electrons.